The van der Waals surface area contributed by atoms with E-state index in [0.29, 0.717) is 0 Å². The van der Waals surface area contributed by atoms with E-state index in [9.17, 15) is 0 Å². The van der Waals surface area contributed by atoms with Crippen LogP contribution in [0.1, 0.15) is 38.8 Å². The van der Waals surface area contributed by atoms with Gasteiger partial charge in [0, 0.05) is 24.8 Å². The van der Waals surface area contributed by atoms with E-state index in [1.165, 1.54) is 0 Å². The fraction of sp³-hybridized carbons (Fsp3) is 0.625. The first-order valence-corrected chi connectivity index (χ1v) is 6.99. The van der Waals surface area contributed by atoms with Crippen molar-refractivity contribution in [3.8, 4) is 11.5 Å². The van der Waals surface area contributed by atoms with Crippen LogP contribution in [-0.2, 0) is 0 Å². The van der Waals surface area contributed by atoms with E-state index in [0.717, 1.165) is 30.0 Å². The summed E-state index contributed by atoms with van der Waals surface area (Å²) in [5.41, 5.74) is 1.14. The van der Waals surface area contributed by atoms with E-state index in [1.54, 1.807) is 14.2 Å². The molecule has 1 aromatic carbocycles. The van der Waals surface area contributed by atoms with Gasteiger partial charge in [0.25, 0.3) is 0 Å². The number of benzene rings is 1. The van der Waals surface area contributed by atoms with Crippen LogP contribution in [0.25, 0.3) is 0 Å². The van der Waals surface area contributed by atoms with Crippen LogP contribution in [0.3, 0.4) is 0 Å². The van der Waals surface area contributed by atoms with E-state index in [4.69, 9.17) is 14.6 Å². The molecule has 0 aliphatic heterocycles. The summed E-state index contributed by atoms with van der Waals surface area (Å²) < 4.78 is 10.7. The summed E-state index contributed by atoms with van der Waals surface area (Å²) in [5.74, 6) is 1.68. The van der Waals surface area contributed by atoms with Crippen LogP contribution in [0, 0.1) is 5.41 Å². The fourth-order valence-corrected chi connectivity index (χ4v) is 2.11. The van der Waals surface area contributed by atoms with Gasteiger partial charge in [0.15, 0.2) is 0 Å². The number of aliphatic hydroxyl groups excluding tert-OH is 1. The molecule has 0 saturated heterocycles. The van der Waals surface area contributed by atoms with Gasteiger partial charge in [0.2, 0.25) is 0 Å². The van der Waals surface area contributed by atoms with Gasteiger partial charge in [-0.25, -0.2) is 0 Å². The number of ether oxygens (including phenoxy) is 2. The second-order valence-corrected chi connectivity index (χ2v) is 5.85. The molecule has 1 unspecified atom stereocenters. The van der Waals surface area contributed by atoms with Gasteiger partial charge in [0.05, 0.1) is 14.2 Å². The van der Waals surface area contributed by atoms with Gasteiger partial charge in [-0.2, -0.15) is 0 Å². The SMILES string of the molecule is COc1ccc(OC)c(C(C)NCC(C)(C)CCO)c1. The first kappa shape index (κ1) is 16.8. The first-order chi connectivity index (χ1) is 9.43. The molecule has 0 fully saturated rings. The summed E-state index contributed by atoms with van der Waals surface area (Å²) in [6, 6.07) is 5.96. The van der Waals surface area contributed by atoms with E-state index >= 15 is 0 Å². The van der Waals surface area contributed by atoms with Crippen LogP contribution >= 0.6 is 0 Å². The molecule has 1 aromatic rings. The zero-order valence-electron chi connectivity index (χ0n) is 13.2. The van der Waals surface area contributed by atoms with Gasteiger partial charge in [-0.05, 0) is 37.0 Å². The monoisotopic (exact) mass is 281 g/mol. The molecular weight excluding hydrogens is 254 g/mol. The second-order valence-electron chi connectivity index (χ2n) is 5.85. The van der Waals surface area contributed by atoms with Crippen molar-refractivity contribution in [2.45, 2.75) is 33.2 Å². The number of aliphatic hydroxyl groups is 1. The Hall–Kier alpha value is -1.26. The zero-order valence-corrected chi connectivity index (χ0v) is 13.2. The number of hydrogen-bond acceptors (Lipinski definition) is 4. The van der Waals surface area contributed by atoms with E-state index < -0.39 is 0 Å². The lowest BCUT2D eigenvalue weighted by molar-refractivity contribution is 0.203. The minimum absolute atomic E-state index is 0.0646. The van der Waals surface area contributed by atoms with Crippen LogP contribution in [0.2, 0.25) is 0 Å². The van der Waals surface area contributed by atoms with Crippen LogP contribution in [0.15, 0.2) is 18.2 Å². The molecule has 2 N–H and O–H groups in total. The number of methoxy groups -OCH3 is 2. The number of nitrogens with one attached hydrogen (secondary N) is 1. The van der Waals surface area contributed by atoms with Gasteiger partial charge < -0.3 is 19.9 Å². The molecule has 114 valence electrons. The molecule has 20 heavy (non-hydrogen) atoms. The van der Waals surface area contributed by atoms with E-state index in [1.807, 2.05) is 18.2 Å². The summed E-state index contributed by atoms with van der Waals surface area (Å²) in [6.07, 6.45) is 0.780. The predicted octanol–water partition coefficient (Wildman–Crippen LogP) is 2.76. The zero-order chi connectivity index (χ0) is 15.2. The van der Waals surface area contributed by atoms with Gasteiger partial charge in [-0.1, -0.05) is 13.8 Å². The third kappa shape index (κ3) is 4.69. The van der Waals surface area contributed by atoms with Crippen molar-refractivity contribution in [3.63, 3.8) is 0 Å². The molecule has 0 bridgehead atoms. The lowest BCUT2D eigenvalue weighted by atomic mass is 9.89. The van der Waals surface area contributed by atoms with Crippen LogP contribution in [-0.4, -0.2) is 32.5 Å². The Morgan fingerprint density at radius 1 is 1.25 bits per heavy atom. The van der Waals surface area contributed by atoms with Crippen molar-refractivity contribution in [1.82, 2.24) is 5.32 Å². The number of hydrogen-bond donors (Lipinski definition) is 2. The minimum Gasteiger partial charge on any atom is -0.497 e. The van der Waals surface area contributed by atoms with Crippen molar-refractivity contribution in [2.24, 2.45) is 5.41 Å². The van der Waals surface area contributed by atoms with Gasteiger partial charge >= 0.3 is 0 Å². The Morgan fingerprint density at radius 3 is 2.50 bits per heavy atom. The first-order valence-electron chi connectivity index (χ1n) is 6.99. The van der Waals surface area contributed by atoms with Crippen molar-refractivity contribution < 1.29 is 14.6 Å². The van der Waals surface area contributed by atoms with Crippen LogP contribution in [0.5, 0.6) is 11.5 Å². The summed E-state index contributed by atoms with van der Waals surface area (Å²) in [4.78, 5) is 0. The summed E-state index contributed by atoms with van der Waals surface area (Å²) in [5, 5.41) is 12.6. The summed E-state index contributed by atoms with van der Waals surface area (Å²) in [7, 11) is 3.34. The topological polar surface area (TPSA) is 50.7 Å². The molecule has 0 amide bonds. The Kier molecular flexibility index (Phi) is 6.30. The van der Waals surface area contributed by atoms with E-state index in [2.05, 4.69) is 26.1 Å². The molecule has 0 aliphatic rings. The molecular formula is C16H27NO3. The third-order valence-corrected chi connectivity index (χ3v) is 3.58. The minimum atomic E-state index is 0.0646. The average molecular weight is 281 g/mol. The highest BCUT2D eigenvalue weighted by molar-refractivity contribution is 5.42. The lowest BCUT2D eigenvalue weighted by Gasteiger charge is -2.27. The standard InChI is InChI=1S/C16H27NO3/c1-12(17-11-16(2,3)8-9-18)14-10-13(19-4)6-7-15(14)20-5/h6-7,10,12,17-18H,8-9,11H2,1-5H3. The van der Waals surface area contributed by atoms with E-state index in [-0.39, 0.29) is 18.1 Å². The maximum atomic E-state index is 9.07. The maximum absolute atomic E-state index is 9.07. The average Bonchev–Trinajstić information content (AvgIpc) is 2.44. The molecule has 0 saturated carbocycles. The van der Waals surface area contributed by atoms with Gasteiger partial charge in [-0.15, -0.1) is 0 Å². The highest BCUT2D eigenvalue weighted by atomic mass is 16.5. The molecule has 0 spiro atoms. The molecule has 0 aliphatic carbocycles. The Morgan fingerprint density at radius 2 is 1.95 bits per heavy atom. The largest absolute Gasteiger partial charge is 0.497 e. The maximum Gasteiger partial charge on any atom is 0.123 e. The molecule has 1 atom stereocenters. The van der Waals surface area contributed by atoms with Crippen molar-refractivity contribution in [3.05, 3.63) is 23.8 Å². The normalized spacial score (nSPS) is 13.1. The highest BCUT2D eigenvalue weighted by Gasteiger charge is 2.19. The second kappa shape index (κ2) is 7.50. The Labute approximate surface area is 122 Å². The van der Waals surface area contributed by atoms with Crippen LogP contribution in [0.4, 0.5) is 0 Å². The molecule has 1 rings (SSSR count). The van der Waals surface area contributed by atoms with Gasteiger partial charge in [0.1, 0.15) is 11.5 Å². The molecule has 0 radical (unpaired) electrons. The third-order valence-electron chi connectivity index (χ3n) is 3.58. The lowest BCUT2D eigenvalue weighted by Crippen LogP contribution is -2.32. The van der Waals surface area contributed by atoms with Crippen molar-refractivity contribution >= 4 is 0 Å². The Balaban J connectivity index is 2.78. The van der Waals surface area contributed by atoms with Crippen molar-refractivity contribution in [1.29, 1.82) is 0 Å². The van der Waals surface area contributed by atoms with Crippen molar-refractivity contribution in [2.75, 3.05) is 27.4 Å². The van der Waals surface area contributed by atoms with Gasteiger partial charge in [-0.3, -0.25) is 0 Å². The molecule has 0 aromatic heterocycles. The molecule has 4 nitrogen and oxygen atoms in total. The highest BCUT2D eigenvalue weighted by Crippen LogP contribution is 2.30. The van der Waals surface area contributed by atoms with Crippen LogP contribution < -0.4 is 14.8 Å². The predicted molar refractivity (Wildman–Crippen MR) is 81.4 cm³/mol. The smallest absolute Gasteiger partial charge is 0.123 e. The summed E-state index contributed by atoms with van der Waals surface area (Å²) >= 11 is 0. The fourth-order valence-electron chi connectivity index (χ4n) is 2.11. The summed E-state index contributed by atoms with van der Waals surface area (Å²) in [6.45, 7) is 7.43. The quantitative estimate of drug-likeness (QED) is 0.769. The molecule has 4 heteroatoms. The Bertz CT molecular complexity index is 418. The molecule has 0 heterocycles. The number of rotatable bonds is 8.